The zero-order chi connectivity index (χ0) is 18.4. The molecule has 146 valence electrons. The molecule has 2 aromatic carbocycles. The Kier molecular flexibility index (Phi) is 8.11. The van der Waals surface area contributed by atoms with Gasteiger partial charge < -0.3 is 25.2 Å². The molecule has 3 rings (SSSR count). The van der Waals surface area contributed by atoms with Crippen LogP contribution < -0.4 is 20.1 Å². The van der Waals surface area contributed by atoms with Gasteiger partial charge in [-0.05, 0) is 41.8 Å². The second kappa shape index (κ2) is 10.3. The van der Waals surface area contributed by atoms with Crippen LogP contribution in [-0.2, 0) is 19.6 Å². The van der Waals surface area contributed by atoms with E-state index in [1.165, 1.54) is 6.07 Å². The summed E-state index contributed by atoms with van der Waals surface area (Å²) in [4.78, 5) is 4.18. The van der Waals surface area contributed by atoms with Crippen LogP contribution in [0.15, 0.2) is 41.4 Å². The number of hydrogen-bond donors (Lipinski definition) is 3. The molecule has 3 N–H and O–H groups in total. The van der Waals surface area contributed by atoms with Crippen molar-refractivity contribution in [3.63, 3.8) is 0 Å². The summed E-state index contributed by atoms with van der Waals surface area (Å²) in [6.07, 6.45) is 0.808. The second-order valence-corrected chi connectivity index (χ2v) is 5.87. The Labute approximate surface area is 174 Å². The van der Waals surface area contributed by atoms with E-state index in [1.54, 1.807) is 19.2 Å². The quantitative estimate of drug-likeness (QED) is 0.332. The summed E-state index contributed by atoms with van der Waals surface area (Å²) in [7, 11) is 1.69. The van der Waals surface area contributed by atoms with E-state index in [2.05, 4.69) is 15.6 Å². The molecule has 6 nitrogen and oxygen atoms in total. The molecule has 27 heavy (non-hydrogen) atoms. The number of nitrogens with zero attached hydrogens (tertiary/aromatic N) is 1. The average molecular weight is 487 g/mol. The molecule has 0 spiro atoms. The minimum atomic E-state index is -0.400. The van der Waals surface area contributed by atoms with E-state index in [-0.39, 0.29) is 42.9 Å². The Morgan fingerprint density at radius 1 is 1.11 bits per heavy atom. The second-order valence-electron chi connectivity index (χ2n) is 5.87. The van der Waals surface area contributed by atoms with E-state index < -0.39 is 5.82 Å². The standard InChI is InChI=1S/C19H22FN3O3.HI/c1-21-19(23-10-14-2-4-16(20)15(8-14)11-24)22-7-6-13-3-5-17-18(9-13)26-12-25-17;/h2-5,8-9,24H,6-7,10-12H2,1H3,(H2,21,22,23);1H. The molecule has 8 heteroatoms. The highest BCUT2D eigenvalue weighted by Gasteiger charge is 2.13. The first-order valence-electron chi connectivity index (χ1n) is 8.41. The van der Waals surface area contributed by atoms with Gasteiger partial charge in [-0.15, -0.1) is 24.0 Å². The lowest BCUT2D eigenvalue weighted by Crippen LogP contribution is -2.37. The Morgan fingerprint density at radius 3 is 2.67 bits per heavy atom. The van der Waals surface area contributed by atoms with Crippen molar-refractivity contribution in [1.82, 2.24) is 10.6 Å². The van der Waals surface area contributed by atoms with Crippen LogP contribution in [0.4, 0.5) is 4.39 Å². The van der Waals surface area contributed by atoms with Crippen molar-refractivity contribution in [2.45, 2.75) is 19.6 Å². The van der Waals surface area contributed by atoms with Gasteiger partial charge in [-0.2, -0.15) is 0 Å². The van der Waals surface area contributed by atoms with Gasteiger partial charge in [-0.25, -0.2) is 4.39 Å². The highest BCUT2D eigenvalue weighted by molar-refractivity contribution is 14.0. The van der Waals surface area contributed by atoms with Gasteiger partial charge in [0.25, 0.3) is 0 Å². The summed E-state index contributed by atoms with van der Waals surface area (Å²) in [5.41, 5.74) is 2.30. The zero-order valence-electron chi connectivity index (χ0n) is 15.0. The molecule has 0 saturated carbocycles. The fourth-order valence-corrected chi connectivity index (χ4v) is 2.69. The van der Waals surface area contributed by atoms with Crippen LogP contribution in [0, 0.1) is 5.82 Å². The van der Waals surface area contributed by atoms with Crippen LogP contribution in [-0.4, -0.2) is 31.5 Å². The summed E-state index contributed by atoms with van der Waals surface area (Å²) in [5.74, 6) is 1.81. The summed E-state index contributed by atoms with van der Waals surface area (Å²) in [6, 6.07) is 10.6. The van der Waals surface area contributed by atoms with E-state index in [9.17, 15) is 4.39 Å². The first-order valence-corrected chi connectivity index (χ1v) is 8.41. The molecule has 1 heterocycles. The number of fused-ring (bicyclic) bond motifs is 1. The largest absolute Gasteiger partial charge is 0.454 e. The number of guanidine groups is 1. The normalized spacial score (nSPS) is 12.5. The highest BCUT2D eigenvalue weighted by Crippen LogP contribution is 2.32. The zero-order valence-corrected chi connectivity index (χ0v) is 17.3. The summed E-state index contributed by atoms with van der Waals surface area (Å²) < 4.78 is 24.1. The number of aliphatic imine (C=N–C) groups is 1. The SMILES string of the molecule is CN=C(NCCc1ccc2c(c1)OCO2)NCc1ccc(F)c(CO)c1.I. The first-order chi connectivity index (χ1) is 12.7. The number of halogens is 2. The van der Waals surface area contributed by atoms with E-state index in [0.717, 1.165) is 29.0 Å². The Hall–Kier alpha value is -2.07. The van der Waals surface area contributed by atoms with Gasteiger partial charge in [0.15, 0.2) is 17.5 Å². The Morgan fingerprint density at radius 2 is 1.89 bits per heavy atom. The minimum Gasteiger partial charge on any atom is -0.454 e. The van der Waals surface area contributed by atoms with Crippen molar-refractivity contribution in [2.75, 3.05) is 20.4 Å². The predicted molar refractivity (Wildman–Crippen MR) is 112 cm³/mol. The summed E-state index contributed by atoms with van der Waals surface area (Å²) in [6.45, 7) is 1.14. The minimum absolute atomic E-state index is 0. The molecule has 0 unspecified atom stereocenters. The molecule has 0 aliphatic carbocycles. The number of aliphatic hydroxyl groups is 1. The fourth-order valence-electron chi connectivity index (χ4n) is 2.69. The van der Waals surface area contributed by atoms with Gasteiger partial charge in [0.2, 0.25) is 6.79 Å². The topological polar surface area (TPSA) is 75.1 Å². The van der Waals surface area contributed by atoms with Gasteiger partial charge in [0, 0.05) is 25.7 Å². The van der Waals surface area contributed by atoms with Crippen LogP contribution in [0.5, 0.6) is 11.5 Å². The molecule has 0 saturated heterocycles. The van der Waals surface area contributed by atoms with Crippen molar-refractivity contribution in [3.8, 4) is 11.5 Å². The van der Waals surface area contributed by atoms with Gasteiger partial charge >= 0.3 is 0 Å². The number of benzene rings is 2. The summed E-state index contributed by atoms with van der Waals surface area (Å²) >= 11 is 0. The van der Waals surface area contributed by atoms with Crippen LogP contribution in [0.3, 0.4) is 0 Å². The van der Waals surface area contributed by atoms with Gasteiger partial charge in [-0.3, -0.25) is 4.99 Å². The van der Waals surface area contributed by atoms with Crippen molar-refractivity contribution >= 4 is 29.9 Å². The lowest BCUT2D eigenvalue weighted by molar-refractivity contribution is 0.174. The highest BCUT2D eigenvalue weighted by atomic mass is 127. The van der Waals surface area contributed by atoms with E-state index in [1.807, 2.05) is 18.2 Å². The van der Waals surface area contributed by atoms with E-state index in [0.29, 0.717) is 19.0 Å². The molecule has 0 bridgehead atoms. The average Bonchev–Trinajstić information content (AvgIpc) is 3.13. The number of rotatable bonds is 6. The van der Waals surface area contributed by atoms with Crippen molar-refractivity contribution < 1.29 is 19.0 Å². The molecule has 0 aromatic heterocycles. The first kappa shape index (κ1) is 21.2. The van der Waals surface area contributed by atoms with Gasteiger partial charge in [0.1, 0.15) is 5.82 Å². The molecule has 0 atom stereocenters. The monoisotopic (exact) mass is 487 g/mol. The third-order valence-corrected chi connectivity index (χ3v) is 4.11. The van der Waals surface area contributed by atoms with Crippen LogP contribution in [0.2, 0.25) is 0 Å². The molecule has 0 amide bonds. The molecular formula is C19H23FIN3O3. The maximum absolute atomic E-state index is 13.4. The number of aliphatic hydroxyl groups excluding tert-OH is 1. The Bertz CT molecular complexity index is 802. The van der Waals surface area contributed by atoms with Crippen LogP contribution in [0.25, 0.3) is 0 Å². The number of hydrogen-bond acceptors (Lipinski definition) is 4. The molecule has 0 radical (unpaired) electrons. The van der Waals surface area contributed by atoms with Gasteiger partial charge in [-0.1, -0.05) is 12.1 Å². The molecule has 1 aliphatic rings. The van der Waals surface area contributed by atoms with Crippen LogP contribution in [0.1, 0.15) is 16.7 Å². The maximum atomic E-state index is 13.4. The van der Waals surface area contributed by atoms with Crippen LogP contribution >= 0.6 is 24.0 Å². The molecular weight excluding hydrogens is 464 g/mol. The molecule has 1 aliphatic heterocycles. The lowest BCUT2D eigenvalue weighted by atomic mass is 10.1. The fraction of sp³-hybridized carbons (Fsp3) is 0.316. The van der Waals surface area contributed by atoms with E-state index >= 15 is 0 Å². The lowest BCUT2D eigenvalue weighted by Gasteiger charge is -2.13. The molecule has 2 aromatic rings. The third kappa shape index (κ3) is 5.70. The predicted octanol–water partition coefficient (Wildman–Crippen LogP) is 2.57. The Balaban J connectivity index is 0.00000261. The number of nitrogens with one attached hydrogen (secondary N) is 2. The van der Waals surface area contributed by atoms with Crippen molar-refractivity contribution in [2.24, 2.45) is 4.99 Å². The van der Waals surface area contributed by atoms with Crippen molar-refractivity contribution in [1.29, 1.82) is 0 Å². The van der Waals surface area contributed by atoms with E-state index in [4.69, 9.17) is 14.6 Å². The summed E-state index contributed by atoms with van der Waals surface area (Å²) in [5, 5.41) is 15.5. The smallest absolute Gasteiger partial charge is 0.231 e. The number of ether oxygens (including phenoxy) is 2. The van der Waals surface area contributed by atoms with Gasteiger partial charge in [0.05, 0.1) is 6.61 Å². The third-order valence-electron chi connectivity index (χ3n) is 4.11. The maximum Gasteiger partial charge on any atom is 0.231 e. The molecule has 0 fully saturated rings. The van der Waals surface area contributed by atoms with Crippen molar-refractivity contribution in [3.05, 3.63) is 58.9 Å².